The van der Waals surface area contributed by atoms with E-state index in [-0.39, 0.29) is 18.1 Å². The number of anilines is 2. The van der Waals surface area contributed by atoms with Crippen LogP contribution in [-0.2, 0) is 9.53 Å². The third-order valence-corrected chi connectivity index (χ3v) is 7.88. The topological polar surface area (TPSA) is 67.4 Å². The van der Waals surface area contributed by atoms with Crippen molar-refractivity contribution in [2.24, 2.45) is 0 Å². The van der Waals surface area contributed by atoms with Crippen molar-refractivity contribution in [2.75, 3.05) is 56.2 Å². The van der Waals surface area contributed by atoms with Gasteiger partial charge in [0.2, 0.25) is 0 Å². The van der Waals surface area contributed by atoms with E-state index in [1.165, 1.54) is 5.69 Å². The lowest BCUT2D eigenvalue weighted by molar-refractivity contribution is -0.141. The van der Waals surface area contributed by atoms with Crippen molar-refractivity contribution in [3.8, 4) is 11.5 Å². The molecular weight excluding hydrogens is 456 g/mol. The van der Waals surface area contributed by atoms with Gasteiger partial charge >= 0.3 is 0 Å². The molecule has 3 aliphatic heterocycles. The maximum absolute atomic E-state index is 12.6. The minimum Gasteiger partial charge on any atom is -0.495 e. The molecule has 1 aromatic carbocycles. The Kier molecular flexibility index (Phi) is 7.34. The van der Waals surface area contributed by atoms with Crippen LogP contribution in [0.15, 0.2) is 42.7 Å². The number of pyridine rings is 1. The van der Waals surface area contributed by atoms with E-state index < -0.39 is 0 Å². The Morgan fingerprint density at radius 3 is 2.39 bits per heavy atom. The van der Waals surface area contributed by atoms with Gasteiger partial charge < -0.3 is 28.9 Å². The highest BCUT2D eigenvalue weighted by molar-refractivity contribution is 5.95. The second kappa shape index (κ2) is 10.6. The SMILES string of the molecule is COc1cncc(N2CC3(CCN(c4ccc(OC5CCN(C(C)C)CC5)cc4)CC3)OCC2=O)c1. The van der Waals surface area contributed by atoms with Gasteiger partial charge in [0.15, 0.2) is 0 Å². The molecular formula is C28H38N4O4. The first-order valence-corrected chi connectivity index (χ1v) is 13.1. The van der Waals surface area contributed by atoms with E-state index in [1.807, 2.05) is 6.07 Å². The number of morpholine rings is 1. The Balaban J connectivity index is 1.16. The molecule has 5 rings (SSSR count). The lowest BCUT2D eigenvalue weighted by Crippen LogP contribution is -2.59. The van der Waals surface area contributed by atoms with Gasteiger partial charge in [-0.25, -0.2) is 0 Å². The van der Waals surface area contributed by atoms with E-state index in [0.717, 1.165) is 63.3 Å². The zero-order valence-corrected chi connectivity index (χ0v) is 21.7. The number of carbonyl (C=O) groups excluding carboxylic acids is 1. The van der Waals surface area contributed by atoms with Gasteiger partial charge in [0.1, 0.15) is 24.2 Å². The number of piperidine rings is 2. The van der Waals surface area contributed by atoms with Crippen LogP contribution in [0.1, 0.15) is 39.5 Å². The summed E-state index contributed by atoms with van der Waals surface area (Å²) in [5.41, 5.74) is 1.63. The van der Waals surface area contributed by atoms with Crippen molar-refractivity contribution in [3.63, 3.8) is 0 Å². The van der Waals surface area contributed by atoms with Crippen molar-refractivity contribution in [1.82, 2.24) is 9.88 Å². The van der Waals surface area contributed by atoms with Crippen LogP contribution in [0.4, 0.5) is 11.4 Å². The van der Waals surface area contributed by atoms with Gasteiger partial charge in [-0.2, -0.15) is 0 Å². The predicted octanol–water partition coefficient (Wildman–Crippen LogP) is 3.74. The smallest absolute Gasteiger partial charge is 0.253 e. The zero-order chi connectivity index (χ0) is 25.1. The van der Waals surface area contributed by atoms with Gasteiger partial charge in [-0.15, -0.1) is 0 Å². The summed E-state index contributed by atoms with van der Waals surface area (Å²) < 4.78 is 17.7. The summed E-state index contributed by atoms with van der Waals surface area (Å²) in [6, 6.07) is 11.0. The monoisotopic (exact) mass is 494 g/mol. The minimum atomic E-state index is -0.332. The van der Waals surface area contributed by atoms with Gasteiger partial charge in [-0.3, -0.25) is 9.78 Å². The van der Waals surface area contributed by atoms with E-state index in [0.29, 0.717) is 24.4 Å². The highest BCUT2D eigenvalue weighted by Crippen LogP contribution is 2.35. The third kappa shape index (κ3) is 5.44. The van der Waals surface area contributed by atoms with Crippen molar-refractivity contribution in [2.45, 2.75) is 57.3 Å². The molecule has 0 saturated carbocycles. The van der Waals surface area contributed by atoms with Crippen LogP contribution in [0.2, 0.25) is 0 Å². The highest BCUT2D eigenvalue weighted by Gasteiger charge is 2.43. The molecule has 3 aliphatic rings. The Labute approximate surface area is 214 Å². The number of hydrogen-bond acceptors (Lipinski definition) is 7. The van der Waals surface area contributed by atoms with E-state index in [4.69, 9.17) is 14.2 Å². The number of rotatable bonds is 6. The first-order chi connectivity index (χ1) is 17.4. The molecule has 0 radical (unpaired) electrons. The summed E-state index contributed by atoms with van der Waals surface area (Å²) in [4.78, 5) is 23.6. The van der Waals surface area contributed by atoms with Gasteiger partial charge in [0.05, 0.1) is 37.3 Å². The fourth-order valence-electron chi connectivity index (χ4n) is 5.53. The normalized spacial score (nSPS) is 21.3. The number of methoxy groups -OCH3 is 1. The summed E-state index contributed by atoms with van der Waals surface area (Å²) in [6.45, 7) is 9.13. The van der Waals surface area contributed by atoms with Crippen LogP contribution in [-0.4, -0.2) is 80.0 Å². The van der Waals surface area contributed by atoms with Crippen molar-refractivity contribution in [1.29, 1.82) is 0 Å². The maximum atomic E-state index is 12.6. The average molecular weight is 495 g/mol. The molecule has 4 heterocycles. The zero-order valence-electron chi connectivity index (χ0n) is 21.7. The standard InChI is InChI=1S/C28H38N4O4/c1-21(2)30-12-8-25(9-13-30)36-24-6-4-22(5-7-24)31-14-10-28(11-15-31)20-32(27(33)19-35-28)23-16-26(34-3)18-29-17-23/h4-7,16-18,21,25H,8-15,19-20H2,1-3H3. The lowest BCUT2D eigenvalue weighted by Gasteiger charge is -2.47. The van der Waals surface area contributed by atoms with Crippen LogP contribution >= 0.6 is 0 Å². The van der Waals surface area contributed by atoms with Crippen LogP contribution in [0.5, 0.6) is 11.5 Å². The minimum absolute atomic E-state index is 0.0384. The number of hydrogen-bond donors (Lipinski definition) is 0. The molecule has 0 bridgehead atoms. The van der Waals surface area contributed by atoms with Crippen molar-refractivity contribution in [3.05, 3.63) is 42.7 Å². The molecule has 8 heteroatoms. The number of aromatic nitrogens is 1. The number of ether oxygens (including phenoxy) is 3. The van der Waals surface area contributed by atoms with E-state index in [9.17, 15) is 4.79 Å². The fourth-order valence-corrected chi connectivity index (χ4v) is 5.53. The lowest BCUT2D eigenvalue weighted by atomic mass is 9.88. The van der Waals surface area contributed by atoms with Gasteiger partial charge in [-0.05, 0) is 63.8 Å². The highest BCUT2D eigenvalue weighted by atomic mass is 16.5. The van der Waals surface area contributed by atoms with Crippen molar-refractivity contribution < 1.29 is 19.0 Å². The molecule has 3 saturated heterocycles. The van der Waals surface area contributed by atoms with E-state index >= 15 is 0 Å². The van der Waals surface area contributed by atoms with Gasteiger partial charge in [0.25, 0.3) is 5.91 Å². The van der Waals surface area contributed by atoms with E-state index in [1.54, 1.807) is 24.4 Å². The first kappa shape index (κ1) is 24.8. The third-order valence-electron chi connectivity index (χ3n) is 7.88. The van der Waals surface area contributed by atoms with Crippen LogP contribution in [0, 0.1) is 0 Å². The molecule has 1 aromatic heterocycles. The van der Waals surface area contributed by atoms with E-state index in [2.05, 4.69) is 52.9 Å². The molecule has 1 spiro atoms. The second-order valence-corrected chi connectivity index (χ2v) is 10.5. The molecule has 194 valence electrons. The molecule has 36 heavy (non-hydrogen) atoms. The summed E-state index contributed by atoms with van der Waals surface area (Å²) in [5, 5.41) is 0. The Hall–Kier alpha value is -2.84. The largest absolute Gasteiger partial charge is 0.495 e. The van der Waals surface area contributed by atoms with Gasteiger partial charge in [-0.1, -0.05) is 0 Å². The Bertz CT molecular complexity index is 1030. The average Bonchev–Trinajstić information content (AvgIpc) is 2.91. The molecule has 0 atom stereocenters. The van der Waals surface area contributed by atoms with Crippen LogP contribution in [0.25, 0.3) is 0 Å². The van der Waals surface area contributed by atoms with Crippen molar-refractivity contribution >= 4 is 17.3 Å². The number of benzene rings is 1. The first-order valence-electron chi connectivity index (χ1n) is 13.1. The Morgan fingerprint density at radius 2 is 1.72 bits per heavy atom. The summed E-state index contributed by atoms with van der Waals surface area (Å²) >= 11 is 0. The maximum Gasteiger partial charge on any atom is 0.253 e. The number of amides is 1. The Morgan fingerprint density at radius 1 is 1.00 bits per heavy atom. The van der Waals surface area contributed by atoms with Crippen LogP contribution < -0.4 is 19.3 Å². The van der Waals surface area contributed by atoms with Crippen LogP contribution in [0.3, 0.4) is 0 Å². The number of nitrogens with zero attached hydrogens (tertiary/aromatic N) is 4. The predicted molar refractivity (Wildman–Crippen MR) is 140 cm³/mol. The fraction of sp³-hybridized carbons (Fsp3) is 0.571. The molecule has 0 unspecified atom stereocenters. The molecule has 0 N–H and O–H groups in total. The molecule has 8 nitrogen and oxygen atoms in total. The number of carbonyl (C=O) groups is 1. The van der Waals surface area contributed by atoms with Gasteiger partial charge in [0, 0.05) is 44.0 Å². The summed E-state index contributed by atoms with van der Waals surface area (Å²) in [6.07, 6.45) is 7.55. The summed E-state index contributed by atoms with van der Waals surface area (Å²) in [5.74, 6) is 1.56. The molecule has 0 aliphatic carbocycles. The quantitative estimate of drug-likeness (QED) is 0.606. The molecule has 2 aromatic rings. The molecule has 3 fully saturated rings. The summed E-state index contributed by atoms with van der Waals surface area (Å²) in [7, 11) is 1.61. The molecule has 1 amide bonds. The second-order valence-electron chi connectivity index (χ2n) is 10.5. The number of likely N-dealkylation sites (tertiary alicyclic amines) is 1.